The molecule has 60 valence electrons. The smallest absolute Gasteiger partial charge is 0.321 e. The maximum Gasteiger partial charge on any atom is 0.321 e. The molecule has 0 aliphatic heterocycles. The highest BCUT2D eigenvalue weighted by Gasteiger charge is 2.21. The van der Waals surface area contributed by atoms with Gasteiger partial charge < -0.3 is 4.74 Å². The molecule has 0 saturated carbocycles. The minimum atomic E-state index is -0.904. The molecule has 1 unspecified atom stereocenters. The molecule has 0 amide bonds. The fraction of sp³-hybridized carbons (Fsp3) is 0.833. The number of carbonyl (C=O) groups excluding carboxylic acids is 1. The molecule has 10 heavy (non-hydrogen) atoms. The number of hydrogen-bond acceptors (Lipinski definition) is 2. The van der Waals surface area contributed by atoms with Crippen LogP contribution >= 0.6 is 27.5 Å². The van der Waals surface area contributed by atoms with Gasteiger partial charge >= 0.3 is 5.97 Å². The van der Waals surface area contributed by atoms with E-state index in [4.69, 9.17) is 16.3 Å². The van der Waals surface area contributed by atoms with Crippen molar-refractivity contribution in [2.24, 2.45) is 0 Å². The van der Waals surface area contributed by atoms with Gasteiger partial charge in [-0.3, -0.25) is 4.79 Å². The molecule has 0 aliphatic carbocycles. The van der Waals surface area contributed by atoms with Crippen molar-refractivity contribution in [3.05, 3.63) is 0 Å². The second kappa shape index (κ2) is 3.58. The van der Waals surface area contributed by atoms with Crippen LogP contribution in [0.5, 0.6) is 0 Å². The van der Waals surface area contributed by atoms with Gasteiger partial charge in [-0.25, -0.2) is 0 Å². The van der Waals surface area contributed by atoms with Crippen LogP contribution in [0.25, 0.3) is 0 Å². The lowest BCUT2D eigenvalue weighted by molar-refractivity contribution is -0.148. The molecular weight excluding hydrogens is 219 g/mol. The van der Waals surface area contributed by atoms with Gasteiger partial charge in [0.15, 0.2) is 5.06 Å². The summed E-state index contributed by atoms with van der Waals surface area (Å²) in [6.07, 6.45) is 0. The van der Waals surface area contributed by atoms with E-state index < -0.39 is 5.06 Å². The van der Waals surface area contributed by atoms with Gasteiger partial charge in [-0.2, -0.15) is 0 Å². The standard InChI is InChI=1S/C6H10BrClO2/c1-4(7)5(9)10-6(2,3)8/h4H,1-3H3. The Morgan fingerprint density at radius 1 is 1.70 bits per heavy atom. The molecule has 0 rings (SSSR count). The summed E-state index contributed by atoms with van der Waals surface area (Å²) in [7, 11) is 0. The van der Waals surface area contributed by atoms with Crippen LogP contribution in [0.2, 0.25) is 0 Å². The third kappa shape index (κ3) is 5.06. The van der Waals surface area contributed by atoms with E-state index in [9.17, 15) is 4.79 Å². The maximum atomic E-state index is 10.8. The number of hydrogen-bond donors (Lipinski definition) is 0. The first-order valence-electron chi connectivity index (χ1n) is 2.89. The Morgan fingerprint density at radius 3 is 2.20 bits per heavy atom. The van der Waals surface area contributed by atoms with E-state index in [0.29, 0.717) is 0 Å². The first-order valence-corrected chi connectivity index (χ1v) is 4.18. The highest BCUT2D eigenvalue weighted by Crippen LogP contribution is 2.16. The molecule has 0 aromatic heterocycles. The van der Waals surface area contributed by atoms with Crippen molar-refractivity contribution >= 4 is 33.5 Å². The minimum Gasteiger partial charge on any atom is -0.443 e. The Balaban J connectivity index is 3.81. The topological polar surface area (TPSA) is 26.3 Å². The zero-order valence-corrected chi connectivity index (χ0v) is 8.49. The molecule has 0 radical (unpaired) electrons. The van der Waals surface area contributed by atoms with Gasteiger partial charge in [-0.15, -0.1) is 0 Å². The van der Waals surface area contributed by atoms with E-state index in [0.717, 1.165) is 0 Å². The number of alkyl halides is 2. The van der Waals surface area contributed by atoms with E-state index in [1.807, 2.05) is 0 Å². The van der Waals surface area contributed by atoms with Crippen molar-refractivity contribution in [1.29, 1.82) is 0 Å². The van der Waals surface area contributed by atoms with E-state index in [1.54, 1.807) is 20.8 Å². The summed E-state index contributed by atoms with van der Waals surface area (Å²) in [5, 5.41) is -0.904. The second-order valence-electron chi connectivity index (χ2n) is 2.40. The van der Waals surface area contributed by atoms with Crippen LogP contribution in [0, 0.1) is 0 Å². The van der Waals surface area contributed by atoms with E-state index in [2.05, 4.69) is 15.9 Å². The minimum absolute atomic E-state index is 0.300. The summed E-state index contributed by atoms with van der Waals surface area (Å²) in [6, 6.07) is 0. The van der Waals surface area contributed by atoms with Crippen LogP contribution in [0.3, 0.4) is 0 Å². The number of rotatable bonds is 2. The summed E-state index contributed by atoms with van der Waals surface area (Å²) < 4.78 is 4.78. The molecule has 4 heteroatoms. The average molecular weight is 230 g/mol. The summed E-state index contributed by atoms with van der Waals surface area (Å²) in [5.41, 5.74) is 0. The van der Waals surface area contributed by atoms with E-state index in [-0.39, 0.29) is 10.8 Å². The zero-order chi connectivity index (χ0) is 8.36. The predicted octanol–water partition coefficient (Wildman–Crippen LogP) is 2.29. The van der Waals surface area contributed by atoms with Crippen molar-refractivity contribution in [3.8, 4) is 0 Å². The predicted molar refractivity (Wildman–Crippen MR) is 44.4 cm³/mol. The fourth-order valence-corrected chi connectivity index (χ4v) is 0.490. The second-order valence-corrected chi connectivity index (χ2v) is 4.68. The molecule has 0 N–H and O–H groups in total. The molecule has 1 atom stereocenters. The third-order valence-corrected chi connectivity index (χ3v) is 1.12. The number of ether oxygens (including phenoxy) is 1. The van der Waals surface area contributed by atoms with Crippen molar-refractivity contribution in [1.82, 2.24) is 0 Å². The Morgan fingerprint density at radius 2 is 2.10 bits per heavy atom. The SMILES string of the molecule is CC(Br)C(=O)OC(C)(C)Cl. The normalized spacial score (nSPS) is 14.5. The molecule has 0 aromatic carbocycles. The van der Waals surface area contributed by atoms with E-state index in [1.165, 1.54) is 0 Å². The monoisotopic (exact) mass is 228 g/mol. The number of halogens is 2. The van der Waals surface area contributed by atoms with Gasteiger partial charge in [-0.05, 0) is 20.8 Å². The van der Waals surface area contributed by atoms with Crippen LogP contribution in [-0.4, -0.2) is 15.9 Å². The zero-order valence-electron chi connectivity index (χ0n) is 6.15. The highest BCUT2D eigenvalue weighted by atomic mass is 79.9. The van der Waals surface area contributed by atoms with Crippen molar-refractivity contribution in [2.75, 3.05) is 0 Å². The lowest BCUT2D eigenvalue weighted by atomic mass is 10.4. The van der Waals surface area contributed by atoms with Gasteiger partial charge in [0, 0.05) is 0 Å². The molecule has 0 saturated heterocycles. The first kappa shape index (κ1) is 10.2. The Labute approximate surface area is 74.0 Å². The quantitative estimate of drug-likeness (QED) is 0.536. The van der Waals surface area contributed by atoms with Gasteiger partial charge in [0.1, 0.15) is 4.83 Å². The molecular formula is C6H10BrClO2. The van der Waals surface area contributed by atoms with Gasteiger partial charge in [-0.1, -0.05) is 27.5 Å². The Kier molecular flexibility index (Phi) is 3.66. The molecule has 0 aromatic rings. The van der Waals surface area contributed by atoms with Crippen molar-refractivity contribution < 1.29 is 9.53 Å². The van der Waals surface area contributed by atoms with Crippen LogP contribution in [0.4, 0.5) is 0 Å². The average Bonchev–Trinajstić information content (AvgIpc) is 1.60. The van der Waals surface area contributed by atoms with Crippen molar-refractivity contribution in [3.63, 3.8) is 0 Å². The van der Waals surface area contributed by atoms with Gasteiger partial charge in [0.25, 0.3) is 0 Å². The molecule has 0 spiro atoms. The van der Waals surface area contributed by atoms with E-state index >= 15 is 0 Å². The molecule has 0 bridgehead atoms. The lowest BCUT2D eigenvalue weighted by Gasteiger charge is -2.17. The summed E-state index contributed by atoms with van der Waals surface area (Å²) in [6.45, 7) is 4.91. The third-order valence-electron chi connectivity index (χ3n) is 0.668. The number of esters is 1. The summed E-state index contributed by atoms with van der Waals surface area (Å²) in [5.74, 6) is -0.347. The lowest BCUT2D eigenvalue weighted by Crippen LogP contribution is -2.25. The van der Waals surface area contributed by atoms with Crippen LogP contribution < -0.4 is 0 Å². The summed E-state index contributed by atoms with van der Waals surface area (Å²) >= 11 is 8.67. The largest absolute Gasteiger partial charge is 0.443 e. The van der Waals surface area contributed by atoms with Gasteiger partial charge in [0.2, 0.25) is 0 Å². The van der Waals surface area contributed by atoms with Crippen LogP contribution in [0.1, 0.15) is 20.8 Å². The molecule has 0 heterocycles. The van der Waals surface area contributed by atoms with Crippen LogP contribution in [0.15, 0.2) is 0 Å². The Hall–Kier alpha value is 0.240. The Bertz CT molecular complexity index is 128. The molecule has 2 nitrogen and oxygen atoms in total. The summed E-state index contributed by atoms with van der Waals surface area (Å²) in [4.78, 5) is 10.5. The maximum absolute atomic E-state index is 10.8. The van der Waals surface area contributed by atoms with Crippen LogP contribution in [-0.2, 0) is 9.53 Å². The van der Waals surface area contributed by atoms with Crippen molar-refractivity contribution in [2.45, 2.75) is 30.7 Å². The highest BCUT2D eigenvalue weighted by molar-refractivity contribution is 9.10. The molecule has 0 aliphatic rings. The molecule has 0 fully saturated rings. The number of carbonyl (C=O) groups is 1. The fourth-order valence-electron chi connectivity index (χ4n) is 0.320. The van der Waals surface area contributed by atoms with Gasteiger partial charge in [0.05, 0.1) is 0 Å². The first-order chi connectivity index (χ1) is 4.33.